The Hall–Kier alpha value is -1.22. The van der Waals surface area contributed by atoms with Crippen molar-refractivity contribution < 1.29 is 4.74 Å². The quantitative estimate of drug-likeness (QED) is 0.842. The van der Waals surface area contributed by atoms with Crippen molar-refractivity contribution in [3.8, 4) is 5.75 Å². The molecule has 3 nitrogen and oxygen atoms in total. The molecule has 0 aromatic heterocycles. The fourth-order valence-corrected chi connectivity index (χ4v) is 2.41. The van der Waals surface area contributed by atoms with Gasteiger partial charge in [-0.3, -0.25) is 0 Å². The van der Waals surface area contributed by atoms with E-state index in [0.29, 0.717) is 12.6 Å². The van der Waals surface area contributed by atoms with E-state index in [1.54, 1.807) is 0 Å². The normalized spacial score (nSPS) is 24.4. The Morgan fingerprint density at radius 2 is 2.06 bits per heavy atom. The first-order chi connectivity index (χ1) is 8.31. The monoisotopic (exact) mass is 234 g/mol. The van der Waals surface area contributed by atoms with Crippen LogP contribution in [0.1, 0.15) is 32.6 Å². The molecule has 1 saturated carbocycles. The van der Waals surface area contributed by atoms with Crippen LogP contribution in [0.5, 0.6) is 5.75 Å². The van der Waals surface area contributed by atoms with Crippen LogP contribution in [0.3, 0.4) is 0 Å². The Kier molecular flexibility index (Phi) is 4.26. The van der Waals surface area contributed by atoms with Crippen molar-refractivity contribution in [1.29, 1.82) is 0 Å². The van der Waals surface area contributed by atoms with Gasteiger partial charge < -0.3 is 15.8 Å². The van der Waals surface area contributed by atoms with E-state index in [1.807, 2.05) is 25.1 Å². The summed E-state index contributed by atoms with van der Waals surface area (Å²) in [5.74, 6) is 0.924. The number of hydrogen-bond acceptors (Lipinski definition) is 3. The highest BCUT2D eigenvalue weighted by molar-refractivity contribution is 5.57. The average Bonchev–Trinajstić information content (AvgIpc) is 2.35. The van der Waals surface area contributed by atoms with Crippen LogP contribution in [0.25, 0.3) is 0 Å². The van der Waals surface area contributed by atoms with E-state index in [0.717, 1.165) is 24.3 Å². The molecule has 0 unspecified atom stereocenters. The number of nitrogens with two attached hydrogens (primary N) is 1. The highest BCUT2D eigenvalue weighted by Crippen LogP contribution is 2.27. The fraction of sp³-hybridized carbons (Fsp3) is 0.571. The minimum absolute atomic E-state index is 0.262. The van der Waals surface area contributed by atoms with Gasteiger partial charge in [0.1, 0.15) is 5.75 Å². The van der Waals surface area contributed by atoms with Gasteiger partial charge in [0, 0.05) is 12.1 Å². The predicted octanol–water partition coefficient (Wildman–Crippen LogP) is 2.77. The standard InChI is InChI=1S/C14H22N2O/c1-2-17-14-10-6-5-9-13(14)16-12-8-4-3-7-11(12)15/h5-6,9-12,16H,2-4,7-8,15H2,1H3/t11-,12-/m0/s1. The Labute approximate surface area is 103 Å². The first-order valence-electron chi connectivity index (χ1n) is 6.55. The Bertz CT molecular complexity index is 354. The van der Waals surface area contributed by atoms with E-state index in [4.69, 9.17) is 10.5 Å². The van der Waals surface area contributed by atoms with Gasteiger partial charge in [-0.25, -0.2) is 0 Å². The molecule has 3 N–H and O–H groups in total. The minimum Gasteiger partial charge on any atom is -0.492 e. The maximum Gasteiger partial charge on any atom is 0.142 e. The van der Waals surface area contributed by atoms with Crippen molar-refractivity contribution in [3.05, 3.63) is 24.3 Å². The number of nitrogens with one attached hydrogen (secondary N) is 1. The van der Waals surface area contributed by atoms with Gasteiger partial charge in [0.05, 0.1) is 12.3 Å². The minimum atomic E-state index is 0.262. The van der Waals surface area contributed by atoms with Crippen LogP contribution in [-0.2, 0) is 0 Å². The second-order valence-corrected chi connectivity index (χ2v) is 4.63. The number of rotatable bonds is 4. The van der Waals surface area contributed by atoms with E-state index in [9.17, 15) is 0 Å². The summed E-state index contributed by atoms with van der Waals surface area (Å²) in [5.41, 5.74) is 7.21. The van der Waals surface area contributed by atoms with E-state index < -0.39 is 0 Å². The van der Waals surface area contributed by atoms with Crippen molar-refractivity contribution in [2.24, 2.45) is 5.73 Å². The maximum atomic E-state index is 6.15. The second-order valence-electron chi connectivity index (χ2n) is 4.63. The second kappa shape index (κ2) is 5.92. The molecule has 0 aliphatic heterocycles. The third kappa shape index (κ3) is 3.13. The van der Waals surface area contributed by atoms with Crippen LogP contribution < -0.4 is 15.8 Å². The summed E-state index contributed by atoms with van der Waals surface area (Å²) >= 11 is 0. The highest BCUT2D eigenvalue weighted by Gasteiger charge is 2.22. The van der Waals surface area contributed by atoms with Crippen LogP contribution >= 0.6 is 0 Å². The van der Waals surface area contributed by atoms with Gasteiger partial charge in [0.2, 0.25) is 0 Å². The van der Waals surface area contributed by atoms with Crippen LogP contribution in [0.2, 0.25) is 0 Å². The summed E-state index contributed by atoms with van der Waals surface area (Å²) in [5, 5.41) is 3.53. The zero-order valence-electron chi connectivity index (χ0n) is 10.5. The first kappa shape index (κ1) is 12.2. The van der Waals surface area contributed by atoms with Gasteiger partial charge in [-0.05, 0) is 31.9 Å². The number of anilines is 1. The fourth-order valence-electron chi connectivity index (χ4n) is 2.41. The van der Waals surface area contributed by atoms with Crippen LogP contribution in [0.15, 0.2) is 24.3 Å². The molecule has 0 heterocycles. The number of para-hydroxylation sites is 2. The molecule has 2 rings (SSSR count). The topological polar surface area (TPSA) is 47.3 Å². The van der Waals surface area contributed by atoms with Crippen molar-refractivity contribution in [2.45, 2.75) is 44.7 Å². The molecule has 3 heteroatoms. The first-order valence-corrected chi connectivity index (χ1v) is 6.55. The lowest BCUT2D eigenvalue weighted by molar-refractivity contribution is 0.340. The van der Waals surface area contributed by atoms with Crippen molar-refractivity contribution in [1.82, 2.24) is 0 Å². The molecule has 1 aromatic carbocycles. The Morgan fingerprint density at radius 3 is 2.82 bits per heavy atom. The van der Waals surface area contributed by atoms with Gasteiger partial charge in [0.25, 0.3) is 0 Å². The lowest BCUT2D eigenvalue weighted by Gasteiger charge is -2.30. The van der Waals surface area contributed by atoms with Crippen LogP contribution in [0, 0.1) is 0 Å². The highest BCUT2D eigenvalue weighted by atomic mass is 16.5. The molecule has 0 spiro atoms. The molecule has 1 aliphatic carbocycles. The predicted molar refractivity (Wildman–Crippen MR) is 71.5 cm³/mol. The molecule has 1 fully saturated rings. The van der Waals surface area contributed by atoms with Gasteiger partial charge >= 0.3 is 0 Å². The zero-order valence-corrected chi connectivity index (χ0v) is 10.5. The van der Waals surface area contributed by atoms with E-state index >= 15 is 0 Å². The Morgan fingerprint density at radius 1 is 1.29 bits per heavy atom. The number of ether oxygens (including phenoxy) is 1. The third-order valence-corrected chi connectivity index (χ3v) is 3.35. The summed E-state index contributed by atoms with van der Waals surface area (Å²) in [6, 6.07) is 8.73. The van der Waals surface area contributed by atoms with Gasteiger partial charge in [-0.2, -0.15) is 0 Å². The van der Waals surface area contributed by atoms with Crippen LogP contribution in [0.4, 0.5) is 5.69 Å². The Balaban J connectivity index is 2.06. The van der Waals surface area contributed by atoms with Gasteiger partial charge in [-0.1, -0.05) is 25.0 Å². The molecule has 1 aromatic rings. The van der Waals surface area contributed by atoms with Gasteiger partial charge in [0.15, 0.2) is 0 Å². The third-order valence-electron chi connectivity index (χ3n) is 3.35. The lowest BCUT2D eigenvalue weighted by Crippen LogP contribution is -2.42. The van der Waals surface area contributed by atoms with E-state index in [-0.39, 0.29) is 6.04 Å². The number of benzene rings is 1. The smallest absolute Gasteiger partial charge is 0.142 e. The molecule has 2 atom stereocenters. The zero-order chi connectivity index (χ0) is 12.1. The molecule has 1 aliphatic rings. The van der Waals surface area contributed by atoms with Crippen molar-refractivity contribution >= 4 is 5.69 Å². The summed E-state index contributed by atoms with van der Waals surface area (Å²) < 4.78 is 5.61. The van der Waals surface area contributed by atoms with E-state index in [2.05, 4.69) is 11.4 Å². The molecular formula is C14H22N2O. The molecule has 94 valence electrons. The number of hydrogen-bond donors (Lipinski definition) is 2. The molecule has 0 bridgehead atoms. The van der Waals surface area contributed by atoms with Crippen LogP contribution in [-0.4, -0.2) is 18.7 Å². The molecule has 0 saturated heterocycles. The lowest BCUT2D eigenvalue weighted by atomic mass is 9.91. The summed E-state index contributed by atoms with van der Waals surface area (Å²) in [6.45, 7) is 2.69. The largest absolute Gasteiger partial charge is 0.492 e. The average molecular weight is 234 g/mol. The van der Waals surface area contributed by atoms with Crippen molar-refractivity contribution in [3.63, 3.8) is 0 Å². The maximum absolute atomic E-state index is 6.15. The molecule has 0 radical (unpaired) electrons. The molecular weight excluding hydrogens is 212 g/mol. The summed E-state index contributed by atoms with van der Waals surface area (Å²) in [4.78, 5) is 0. The van der Waals surface area contributed by atoms with Gasteiger partial charge in [-0.15, -0.1) is 0 Å². The summed E-state index contributed by atoms with van der Waals surface area (Å²) in [6.07, 6.45) is 4.80. The van der Waals surface area contributed by atoms with E-state index in [1.165, 1.54) is 12.8 Å². The summed E-state index contributed by atoms with van der Waals surface area (Å²) in [7, 11) is 0. The molecule has 0 amide bonds. The molecule has 17 heavy (non-hydrogen) atoms. The SMILES string of the molecule is CCOc1ccccc1N[C@H]1CCCC[C@@H]1N. The van der Waals surface area contributed by atoms with Crippen molar-refractivity contribution in [2.75, 3.05) is 11.9 Å².